The second-order valence-electron chi connectivity index (χ2n) is 5.74. The van der Waals surface area contributed by atoms with Gasteiger partial charge in [-0.3, -0.25) is 14.4 Å². The van der Waals surface area contributed by atoms with Gasteiger partial charge in [-0.15, -0.1) is 28.3 Å². The Labute approximate surface area is 215 Å². The number of nitrogens with one attached hydrogen (secondary N) is 2. The van der Waals surface area contributed by atoms with Crippen LogP contribution in [0.5, 0.6) is 0 Å². The smallest absolute Gasteiger partial charge is 0.300 e. The van der Waals surface area contributed by atoms with Crippen molar-refractivity contribution < 1.29 is 19.4 Å². The number of aromatic nitrogens is 1. The molecular weight excluding hydrogens is 640 g/mol. The maximum atomic E-state index is 11.5. The number of fused-ring (bicyclic) bond motifs is 1. The molecule has 0 bridgehead atoms. The number of hydrogen-bond donors (Lipinski definition) is 3. The van der Waals surface area contributed by atoms with Crippen molar-refractivity contribution in [1.29, 1.82) is 0 Å². The molecule has 12 heteroatoms. The average Bonchev–Trinajstić information content (AvgIpc) is 3.25. The third-order valence-corrected chi connectivity index (χ3v) is 7.10. The van der Waals surface area contributed by atoms with Crippen LogP contribution in [0.15, 0.2) is 42.1 Å². The monoisotopic (exact) mass is 660 g/mol. The maximum absolute atomic E-state index is 11.5. The Bertz CT molecular complexity index is 1020. The number of carbonyl (C=O) groups excluding carboxylic acids is 1. The summed E-state index contributed by atoms with van der Waals surface area (Å²) in [5, 5.41) is 17.3. The zero-order chi connectivity index (χ0) is 22.7. The van der Waals surface area contributed by atoms with Crippen LogP contribution >= 0.6 is 71.5 Å². The topological polar surface area (TPSA) is 108 Å². The first kappa shape index (κ1) is 29.9. The van der Waals surface area contributed by atoms with Crippen LogP contribution in [0.1, 0.15) is 26.3 Å². The van der Waals surface area contributed by atoms with Crippen LogP contribution in [0.25, 0.3) is 10.1 Å². The number of carboxylic acid groups (broad SMARTS) is 1. The van der Waals surface area contributed by atoms with E-state index in [0.717, 1.165) is 31.5 Å². The Kier molecular flexibility index (Phi) is 15.2. The number of halogens is 3. The van der Waals surface area contributed by atoms with Crippen LogP contribution < -0.4 is 10.9 Å². The zero-order valence-electron chi connectivity index (χ0n) is 16.9. The maximum Gasteiger partial charge on any atom is 0.300 e. The second kappa shape index (κ2) is 15.7. The lowest BCUT2D eigenvalue weighted by molar-refractivity contribution is -0.134. The van der Waals surface area contributed by atoms with Gasteiger partial charge in [0.15, 0.2) is 0 Å². The number of H-pyrrole nitrogens is 1. The van der Waals surface area contributed by atoms with Gasteiger partial charge in [0.2, 0.25) is 11.5 Å². The van der Waals surface area contributed by atoms with E-state index in [0.29, 0.717) is 13.2 Å². The van der Waals surface area contributed by atoms with Crippen molar-refractivity contribution >= 4 is 93.5 Å². The fraction of sp³-hybridized carbons (Fsp3) is 0.316. The first-order valence-electron chi connectivity index (χ1n) is 8.70. The fourth-order valence-electron chi connectivity index (χ4n) is 2.00. The summed E-state index contributed by atoms with van der Waals surface area (Å²) in [6.07, 6.45) is 1.34. The van der Waals surface area contributed by atoms with E-state index in [1.165, 1.54) is 0 Å². The average molecular weight is 663 g/mol. The normalized spacial score (nSPS) is 10.6. The van der Waals surface area contributed by atoms with Gasteiger partial charge in [0.1, 0.15) is 6.10 Å². The Hall–Kier alpha value is -1.05. The highest BCUT2D eigenvalue weighted by molar-refractivity contribution is 9.11. The summed E-state index contributed by atoms with van der Waals surface area (Å²) in [6.45, 7) is 5.80. The molecule has 0 aliphatic heterocycles. The molecule has 1 atom stereocenters. The van der Waals surface area contributed by atoms with Crippen molar-refractivity contribution in [3.63, 3.8) is 0 Å². The quantitative estimate of drug-likeness (QED) is 0.331. The van der Waals surface area contributed by atoms with E-state index in [1.807, 2.05) is 23.1 Å². The third kappa shape index (κ3) is 11.4. The molecule has 3 aromatic heterocycles. The number of carboxylic acids is 1. The first-order chi connectivity index (χ1) is 14.1. The standard InChI is InChI=1S/C10H14BrNO2S.C7H4BrNOS.C2H4O2.BrH/c1-3-14-7(2)10(13)12-4-8-5-15-6-9(8)11;8-5-3-11-6-1-7(10)9-2-4(5)6;1-2(3)4;/h5-7H,3-4H2,1-2H3,(H,12,13);1-3H,(H,9,10);1H3,(H,3,4);1H. The highest BCUT2D eigenvalue weighted by atomic mass is 79.9. The van der Waals surface area contributed by atoms with E-state index in [-0.39, 0.29) is 34.6 Å². The zero-order valence-corrected chi connectivity index (χ0v) is 23.5. The minimum Gasteiger partial charge on any atom is -0.481 e. The third-order valence-electron chi connectivity index (χ3n) is 3.36. The summed E-state index contributed by atoms with van der Waals surface area (Å²) >= 11 is 9.96. The molecule has 0 aliphatic carbocycles. The predicted molar refractivity (Wildman–Crippen MR) is 139 cm³/mol. The number of amides is 1. The Morgan fingerprint density at radius 2 is 1.90 bits per heavy atom. The van der Waals surface area contributed by atoms with Gasteiger partial charge in [0.25, 0.3) is 5.97 Å². The molecule has 0 aromatic carbocycles. The van der Waals surface area contributed by atoms with E-state index in [4.69, 9.17) is 14.6 Å². The van der Waals surface area contributed by atoms with Gasteiger partial charge in [-0.25, -0.2) is 0 Å². The molecule has 1 unspecified atom stereocenters. The number of aromatic amines is 1. The number of aliphatic carboxylic acids is 1. The molecule has 7 nitrogen and oxygen atoms in total. The molecule has 0 spiro atoms. The van der Waals surface area contributed by atoms with E-state index in [2.05, 4.69) is 42.2 Å². The predicted octanol–water partition coefficient (Wildman–Crippen LogP) is 5.57. The molecule has 0 saturated carbocycles. The van der Waals surface area contributed by atoms with Crippen LogP contribution in [0.3, 0.4) is 0 Å². The van der Waals surface area contributed by atoms with Crippen molar-refractivity contribution in [2.24, 2.45) is 0 Å². The second-order valence-corrected chi connectivity index (χ2v) is 9.10. The molecule has 0 radical (unpaired) electrons. The van der Waals surface area contributed by atoms with Gasteiger partial charge in [-0.05, 0) is 56.7 Å². The lowest BCUT2D eigenvalue weighted by Gasteiger charge is -2.11. The van der Waals surface area contributed by atoms with Crippen LogP contribution in [0.4, 0.5) is 0 Å². The summed E-state index contributed by atoms with van der Waals surface area (Å²) in [5.41, 5.74) is 1.05. The first-order valence-corrected chi connectivity index (χ1v) is 12.1. The summed E-state index contributed by atoms with van der Waals surface area (Å²) < 4.78 is 8.27. The van der Waals surface area contributed by atoms with Crippen LogP contribution in [0.2, 0.25) is 0 Å². The molecule has 0 aliphatic rings. The number of rotatable bonds is 5. The highest BCUT2D eigenvalue weighted by Gasteiger charge is 2.12. The summed E-state index contributed by atoms with van der Waals surface area (Å²) in [7, 11) is 0. The SMILES string of the molecule is Br.CC(=O)O.CCOC(C)C(=O)NCc1cscc1Br.O=c1cc2scc(Br)c2c[nH]1. The van der Waals surface area contributed by atoms with Gasteiger partial charge in [0, 0.05) is 62.1 Å². The molecule has 3 N–H and O–H groups in total. The molecule has 0 saturated heterocycles. The van der Waals surface area contributed by atoms with E-state index >= 15 is 0 Å². The Morgan fingerprint density at radius 1 is 1.26 bits per heavy atom. The molecule has 3 heterocycles. The van der Waals surface area contributed by atoms with Gasteiger partial charge in [-0.2, -0.15) is 11.3 Å². The molecule has 3 rings (SSSR count). The Balaban J connectivity index is 0.000000495. The van der Waals surface area contributed by atoms with Crippen LogP contribution in [-0.4, -0.2) is 34.7 Å². The van der Waals surface area contributed by atoms with Crippen molar-refractivity contribution in [3.05, 3.63) is 53.3 Å². The van der Waals surface area contributed by atoms with Gasteiger partial charge >= 0.3 is 0 Å². The lowest BCUT2D eigenvalue weighted by Crippen LogP contribution is -2.34. The van der Waals surface area contributed by atoms with Crippen LogP contribution in [0, 0.1) is 0 Å². The molecule has 1 amide bonds. The van der Waals surface area contributed by atoms with Crippen molar-refractivity contribution in [2.75, 3.05) is 6.61 Å². The van der Waals surface area contributed by atoms with Crippen LogP contribution in [-0.2, 0) is 20.9 Å². The minimum absolute atomic E-state index is 0. The largest absolute Gasteiger partial charge is 0.481 e. The molecule has 31 heavy (non-hydrogen) atoms. The van der Waals surface area contributed by atoms with Gasteiger partial charge in [0.05, 0.1) is 0 Å². The summed E-state index contributed by atoms with van der Waals surface area (Å²) in [6, 6.07) is 1.60. The molecular formula is C19H23Br3N2O5S2. The van der Waals surface area contributed by atoms with Gasteiger partial charge < -0.3 is 20.1 Å². The van der Waals surface area contributed by atoms with E-state index in [1.54, 1.807) is 41.9 Å². The summed E-state index contributed by atoms with van der Waals surface area (Å²) in [5.74, 6) is -0.907. The molecule has 172 valence electrons. The fourth-order valence-corrected chi connectivity index (χ4v) is 5.01. The number of pyridine rings is 1. The molecule has 3 aromatic rings. The minimum atomic E-state index is -0.833. The number of carbonyl (C=O) groups is 2. The number of thiophene rings is 2. The number of ether oxygens (including phenoxy) is 1. The Morgan fingerprint density at radius 3 is 2.45 bits per heavy atom. The summed E-state index contributed by atoms with van der Waals surface area (Å²) in [4.78, 5) is 33.9. The van der Waals surface area contributed by atoms with Gasteiger partial charge in [-0.1, -0.05) is 0 Å². The highest BCUT2D eigenvalue weighted by Crippen LogP contribution is 2.27. The van der Waals surface area contributed by atoms with E-state index < -0.39 is 5.97 Å². The van der Waals surface area contributed by atoms with Crippen molar-refractivity contribution in [3.8, 4) is 0 Å². The van der Waals surface area contributed by atoms with E-state index in [9.17, 15) is 9.59 Å². The lowest BCUT2D eigenvalue weighted by atomic mass is 10.3. The number of hydrogen-bond acceptors (Lipinski definition) is 6. The molecule has 0 fully saturated rings. The van der Waals surface area contributed by atoms with Crippen molar-refractivity contribution in [2.45, 2.75) is 33.4 Å². The van der Waals surface area contributed by atoms with Crippen molar-refractivity contribution in [1.82, 2.24) is 10.3 Å².